The summed E-state index contributed by atoms with van der Waals surface area (Å²) in [5.41, 5.74) is 8.00. The van der Waals surface area contributed by atoms with Crippen LogP contribution in [0.15, 0.2) is 42.5 Å². The van der Waals surface area contributed by atoms with Gasteiger partial charge in [0.2, 0.25) is 5.91 Å². The largest absolute Gasteiger partial charge is 0.481 e. The van der Waals surface area contributed by atoms with E-state index >= 15 is 0 Å². The van der Waals surface area contributed by atoms with Crippen molar-refractivity contribution >= 4 is 17.5 Å². The zero-order valence-electron chi connectivity index (χ0n) is 13.4. The van der Waals surface area contributed by atoms with Crippen LogP contribution in [-0.4, -0.2) is 17.9 Å². The van der Waals surface area contributed by atoms with Gasteiger partial charge in [0.25, 0.3) is 5.91 Å². The van der Waals surface area contributed by atoms with E-state index in [2.05, 4.69) is 5.32 Å². The summed E-state index contributed by atoms with van der Waals surface area (Å²) in [5, 5.41) is 2.77. The first-order valence-electron chi connectivity index (χ1n) is 7.32. The monoisotopic (exact) mass is 312 g/mol. The van der Waals surface area contributed by atoms with Gasteiger partial charge in [-0.25, -0.2) is 0 Å². The average molecular weight is 312 g/mol. The van der Waals surface area contributed by atoms with Gasteiger partial charge in [-0.3, -0.25) is 9.59 Å². The van der Waals surface area contributed by atoms with Crippen LogP contribution in [0.5, 0.6) is 5.75 Å². The van der Waals surface area contributed by atoms with Gasteiger partial charge in [0.05, 0.1) is 0 Å². The topological polar surface area (TPSA) is 81.4 Å². The third-order valence-electron chi connectivity index (χ3n) is 3.56. The number of hydrogen-bond donors (Lipinski definition) is 2. The molecule has 3 N–H and O–H groups in total. The number of hydrogen-bond acceptors (Lipinski definition) is 3. The molecule has 23 heavy (non-hydrogen) atoms. The Balaban J connectivity index is 2.08. The van der Waals surface area contributed by atoms with Crippen LogP contribution in [0.25, 0.3) is 0 Å². The van der Waals surface area contributed by atoms with E-state index < -0.39 is 12.0 Å². The van der Waals surface area contributed by atoms with Crippen LogP contribution in [0.2, 0.25) is 0 Å². The van der Waals surface area contributed by atoms with Crippen LogP contribution < -0.4 is 15.8 Å². The zero-order chi connectivity index (χ0) is 17.0. The molecule has 0 radical (unpaired) electrons. The van der Waals surface area contributed by atoms with Crippen LogP contribution in [0.4, 0.5) is 5.69 Å². The molecule has 0 spiro atoms. The van der Waals surface area contributed by atoms with Gasteiger partial charge in [-0.15, -0.1) is 0 Å². The van der Waals surface area contributed by atoms with Crippen molar-refractivity contribution in [3.8, 4) is 5.75 Å². The van der Waals surface area contributed by atoms with Gasteiger partial charge in [-0.2, -0.15) is 0 Å². The number of anilines is 1. The molecule has 2 amide bonds. The molecule has 120 valence electrons. The Morgan fingerprint density at radius 1 is 1.09 bits per heavy atom. The van der Waals surface area contributed by atoms with E-state index in [9.17, 15) is 9.59 Å². The minimum Gasteiger partial charge on any atom is -0.481 e. The van der Waals surface area contributed by atoms with Gasteiger partial charge < -0.3 is 15.8 Å². The Kier molecular flexibility index (Phi) is 5.01. The van der Waals surface area contributed by atoms with Crippen molar-refractivity contribution in [2.75, 3.05) is 5.32 Å². The molecular weight excluding hydrogens is 292 g/mol. The molecule has 0 aliphatic carbocycles. The SMILES string of the molecule is Cc1ccc(O[C@H](C)C(=O)Nc2cccc(C(N)=O)c2C)cc1. The predicted octanol–water partition coefficient (Wildman–Crippen LogP) is 2.81. The summed E-state index contributed by atoms with van der Waals surface area (Å²) in [4.78, 5) is 23.6. The molecule has 2 aromatic carbocycles. The van der Waals surface area contributed by atoms with Gasteiger partial charge in [0.15, 0.2) is 6.10 Å². The molecule has 5 nitrogen and oxygen atoms in total. The fourth-order valence-electron chi connectivity index (χ4n) is 2.15. The van der Waals surface area contributed by atoms with E-state index in [1.165, 1.54) is 0 Å². The summed E-state index contributed by atoms with van der Waals surface area (Å²) in [6.45, 7) is 5.39. The van der Waals surface area contributed by atoms with Gasteiger partial charge >= 0.3 is 0 Å². The first-order chi connectivity index (χ1) is 10.9. The first kappa shape index (κ1) is 16.5. The van der Waals surface area contributed by atoms with E-state index in [1.54, 1.807) is 32.0 Å². The number of amides is 2. The molecule has 0 heterocycles. The Morgan fingerprint density at radius 2 is 1.74 bits per heavy atom. The fraction of sp³-hybridized carbons (Fsp3) is 0.222. The minimum absolute atomic E-state index is 0.296. The maximum absolute atomic E-state index is 12.3. The number of rotatable bonds is 5. The summed E-state index contributed by atoms with van der Waals surface area (Å²) in [6.07, 6.45) is -0.672. The van der Waals surface area contributed by atoms with Crippen molar-refractivity contribution < 1.29 is 14.3 Å². The second kappa shape index (κ2) is 6.96. The lowest BCUT2D eigenvalue weighted by Crippen LogP contribution is -2.30. The molecule has 0 aliphatic rings. The third-order valence-corrected chi connectivity index (χ3v) is 3.56. The number of carbonyl (C=O) groups excluding carboxylic acids is 2. The summed E-state index contributed by atoms with van der Waals surface area (Å²) in [5.74, 6) is -0.196. The van der Waals surface area contributed by atoms with Gasteiger partial charge in [-0.1, -0.05) is 23.8 Å². The Bertz CT molecular complexity index is 724. The molecule has 0 saturated heterocycles. The molecule has 0 saturated carbocycles. The molecule has 2 aromatic rings. The van der Waals surface area contributed by atoms with Crippen LogP contribution in [0.3, 0.4) is 0 Å². The molecule has 0 fully saturated rings. The number of nitrogens with two attached hydrogens (primary N) is 1. The summed E-state index contributed by atoms with van der Waals surface area (Å²) in [7, 11) is 0. The number of ether oxygens (including phenoxy) is 1. The van der Waals surface area contributed by atoms with Crippen molar-refractivity contribution in [2.45, 2.75) is 26.9 Å². The van der Waals surface area contributed by atoms with Crippen LogP contribution in [0, 0.1) is 13.8 Å². The minimum atomic E-state index is -0.672. The zero-order valence-corrected chi connectivity index (χ0v) is 13.4. The highest BCUT2D eigenvalue weighted by Gasteiger charge is 2.17. The highest BCUT2D eigenvalue weighted by Crippen LogP contribution is 2.19. The molecule has 1 atom stereocenters. The normalized spacial score (nSPS) is 11.6. The molecule has 0 unspecified atom stereocenters. The fourth-order valence-corrected chi connectivity index (χ4v) is 2.15. The Hall–Kier alpha value is -2.82. The highest BCUT2D eigenvalue weighted by molar-refractivity contribution is 5.99. The molecule has 0 aromatic heterocycles. The Labute approximate surface area is 135 Å². The Morgan fingerprint density at radius 3 is 2.35 bits per heavy atom. The lowest BCUT2D eigenvalue weighted by molar-refractivity contribution is -0.122. The van der Waals surface area contributed by atoms with E-state index in [0.717, 1.165) is 5.56 Å². The number of carbonyl (C=O) groups is 2. The standard InChI is InChI=1S/C18H20N2O3/c1-11-7-9-14(10-8-11)23-13(3)18(22)20-16-6-4-5-15(12(16)2)17(19)21/h4-10,13H,1-3H3,(H2,19,21)(H,20,22)/t13-/m1/s1. The molecule has 0 bridgehead atoms. The summed E-state index contributed by atoms with van der Waals surface area (Å²) < 4.78 is 5.62. The number of benzene rings is 2. The van der Waals surface area contributed by atoms with E-state index in [0.29, 0.717) is 22.6 Å². The van der Waals surface area contributed by atoms with Gasteiger partial charge in [0.1, 0.15) is 5.75 Å². The first-order valence-corrected chi connectivity index (χ1v) is 7.32. The van der Waals surface area contributed by atoms with Crippen LogP contribution in [0.1, 0.15) is 28.4 Å². The maximum Gasteiger partial charge on any atom is 0.265 e. The van der Waals surface area contributed by atoms with Crippen LogP contribution >= 0.6 is 0 Å². The van der Waals surface area contributed by atoms with Crippen molar-refractivity contribution in [2.24, 2.45) is 5.73 Å². The number of primary amides is 1. The number of aryl methyl sites for hydroxylation is 1. The molecule has 0 aliphatic heterocycles. The molecule has 2 rings (SSSR count). The van der Waals surface area contributed by atoms with E-state index in [4.69, 9.17) is 10.5 Å². The van der Waals surface area contributed by atoms with E-state index in [1.807, 2.05) is 31.2 Å². The number of nitrogens with one attached hydrogen (secondary N) is 1. The summed E-state index contributed by atoms with van der Waals surface area (Å²) >= 11 is 0. The molecule has 5 heteroatoms. The second-order valence-electron chi connectivity index (χ2n) is 5.40. The van der Waals surface area contributed by atoms with Crippen molar-refractivity contribution in [3.05, 3.63) is 59.2 Å². The smallest absolute Gasteiger partial charge is 0.265 e. The van der Waals surface area contributed by atoms with E-state index in [-0.39, 0.29) is 5.91 Å². The lowest BCUT2D eigenvalue weighted by Gasteiger charge is -2.16. The van der Waals surface area contributed by atoms with Crippen LogP contribution in [-0.2, 0) is 4.79 Å². The predicted molar refractivity (Wildman–Crippen MR) is 89.6 cm³/mol. The quantitative estimate of drug-likeness (QED) is 0.890. The van der Waals surface area contributed by atoms with Gasteiger partial charge in [-0.05, 0) is 50.6 Å². The lowest BCUT2D eigenvalue weighted by atomic mass is 10.1. The van der Waals surface area contributed by atoms with Crippen molar-refractivity contribution in [3.63, 3.8) is 0 Å². The van der Waals surface area contributed by atoms with Crippen molar-refractivity contribution in [1.29, 1.82) is 0 Å². The highest BCUT2D eigenvalue weighted by atomic mass is 16.5. The average Bonchev–Trinajstić information content (AvgIpc) is 2.51. The molecular formula is C18H20N2O3. The van der Waals surface area contributed by atoms with Gasteiger partial charge in [0, 0.05) is 11.3 Å². The third kappa shape index (κ3) is 4.10. The maximum atomic E-state index is 12.3. The van der Waals surface area contributed by atoms with Crippen molar-refractivity contribution in [1.82, 2.24) is 0 Å². The summed E-state index contributed by atoms with van der Waals surface area (Å²) in [6, 6.07) is 12.5. The second-order valence-corrected chi connectivity index (χ2v) is 5.40.